The Morgan fingerprint density at radius 1 is 1.48 bits per heavy atom. The van der Waals surface area contributed by atoms with E-state index in [-0.39, 0.29) is 11.5 Å². The van der Waals surface area contributed by atoms with Gasteiger partial charge in [0.25, 0.3) is 0 Å². The molecule has 0 bridgehead atoms. The Balaban J connectivity index is 3.53. The zero-order valence-corrected chi connectivity index (χ0v) is 13.1. The van der Waals surface area contributed by atoms with Crippen LogP contribution in [-0.4, -0.2) is 37.9 Å². The van der Waals surface area contributed by atoms with Crippen molar-refractivity contribution in [2.24, 2.45) is 7.05 Å². The number of likely N-dealkylation sites (N-methyl/N-ethyl adjacent to an activating group) is 1. The van der Waals surface area contributed by atoms with Crippen LogP contribution >= 0.6 is 0 Å². The molecule has 0 saturated heterocycles. The normalized spacial score (nSPS) is 11.5. The summed E-state index contributed by atoms with van der Waals surface area (Å²) in [4.78, 5) is 23.9. The molecule has 0 aliphatic carbocycles. The second kappa shape index (κ2) is 6.11. The summed E-state index contributed by atoms with van der Waals surface area (Å²) in [6.07, 6.45) is 1.21. The van der Waals surface area contributed by atoms with Crippen LogP contribution in [0, 0.1) is 10.1 Å². The molecule has 0 radical (unpaired) electrons. The van der Waals surface area contributed by atoms with Crippen LogP contribution in [0.5, 0.6) is 0 Å². The molecule has 21 heavy (non-hydrogen) atoms. The van der Waals surface area contributed by atoms with Gasteiger partial charge in [-0.3, -0.25) is 10.1 Å². The summed E-state index contributed by atoms with van der Waals surface area (Å²) >= 11 is 0. The first-order valence-electron chi connectivity index (χ1n) is 6.89. The van der Waals surface area contributed by atoms with Crippen molar-refractivity contribution in [1.29, 1.82) is 0 Å². The van der Waals surface area contributed by atoms with Crippen LogP contribution in [0.2, 0.25) is 0 Å². The maximum Gasteiger partial charge on any atom is 0.334 e. The predicted octanol–water partition coefficient (Wildman–Crippen LogP) is 1.97. The molecule has 0 unspecified atom stereocenters. The minimum Gasteiger partial charge on any atom is -0.480 e. The van der Waals surface area contributed by atoms with Crippen molar-refractivity contribution in [2.45, 2.75) is 46.1 Å². The summed E-state index contributed by atoms with van der Waals surface area (Å²) in [5, 5.41) is 25.0. The highest BCUT2D eigenvalue weighted by Crippen LogP contribution is 2.35. The number of aromatic nitrogens is 2. The second-order valence-electron chi connectivity index (χ2n) is 5.36. The maximum atomic E-state index is 11.5. The van der Waals surface area contributed by atoms with E-state index in [4.69, 9.17) is 0 Å². The molecule has 1 aromatic heterocycles. The first kappa shape index (κ1) is 16.9. The van der Waals surface area contributed by atoms with Gasteiger partial charge in [0.2, 0.25) is 5.82 Å². The SMILES string of the molecule is CCCc1nn(C)c(N(CC)C(C)(C)C(=O)O)c1[N+](=O)[O-]. The molecule has 0 fully saturated rings. The van der Waals surface area contributed by atoms with E-state index in [1.807, 2.05) is 6.92 Å². The highest BCUT2D eigenvalue weighted by Gasteiger charge is 2.40. The predicted molar refractivity (Wildman–Crippen MR) is 78.6 cm³/mol. The molecule has 1 heterocycles. The van der Waals surface area contributed by atoms with Gasteiger partial charge in [0.15, 0.2) is 0 Å². The molecule has 0 atom stereocenters. The van der Waals surface area contributed by atoms with Crippen molar-refractivity contribution >= 4 is 17.5 Å². The largest absolute Gasteiger partial charge is 0.480 e. The molecule has 0 spiro atoms. The van der Waals surface area contributed by atoms with Gasteiger partial charge in [-0.15, -0.1) is 0 Å². The number of anilines is 1. The molecular weight excluding hydrogens is 276 g/mol. The lowest BCUT2D eigenvalue weighted by Gasteiger charge is -2.35. The number of nitro groups is 1. The topological polar surface area (TPSA) is 102 Å². The van der Waals surface area contributed by atoms with Crippen molar-refractivity contribution in [3.63, 3.8) is 0 Å². The number of carbonyl (C=O) groups is 1. The van der Waals surface area contributed by atoms with E-state index in [0.717, 1.165) is 6.42 Å². The summed E-state index contributed by atoms with van der Waals surface area (Å²) in [6, 6.07) is 0. The number of aliphatic carboxylic acids is 1. The van der Waals surface area contributed by atoms with Gasteiger partial charge < -0.3 is 10.0 Å². The van der Waals surface area contributed by atoms with E-state index in [0.29, 0.717) is 18.7 Å². The minimum atomic E-state index is -1.27. The number of aryl methyl sites for hydroxylation is 2. The molecule has 0 amide bonds. The van der Waals surface area contributed by atoms with E-state index in [1.165, 1.54) is 23.4 Å². The van der Waals surface area contributed by atoms with Gasteiger partial charge in [-0.1, -0.05) is 13.3 Å². The fraction of sp³-hybridized carbons (Fsp3) is 0.692. The lowest BCUT2D eigenvalue weighted by Crippen LogP contribution is -2.51. The Bertz CT molecular complexity index is 551. The van der Waals surface area contributed by atoms with Crippen molar-refractivity contribution in [1.82, 2.24) is 9.78 Å². The molecule has 1 rings (SSSR count). The zero-order valence-electron chi connectivity index (χ0n) is 13.1. The number of rotatable bonds is 7. The van der Waals surface area contributed by atoms with E-state index in [1.54, 1.807) is 14.0 Å². The zero-order chi connectivity index (χ0) is 16.4. The van der Waals surface area contributed by atoms with Gasteiger partial charge in [0.05, 0.1) is 4.92 Å². The Morgan fingerprint density at radius 2 is 2.05 bits per heavy atom. The van der Waals surface area contributed by atoms with Crippen molar-refractivity contribution in [3.8, 4) is 0 Å². The van der Waals surface area contributed by atoms with Crippen LogP contribution in [-0.2, 0) is 18.3 Å². The average molecular weight is 298 g/mol. The Labute approximate surface area is 123 Å². The van der Waals surface area contributed by atoms with Crippen molar-refractivity contribution in [3.05, 3.63) is 15.8 Å². The monoisotopic (exact) mass is 298 g/mol. The molecule has 0 aromatic carbocycles. The molecule has 1 N–H and O–H groups in total. The summed E-state index contributed by atoms with van der Waals surface area (Å²) in [5.74, 6) is -0.810. The summed E-state index contributed by atoms with van der Waals surface area (Å²) in [6.45, 7) is 7.05. The second-order valence-corrected chi connectivity index (χ2v) is 5.36. The van der Waals surface area contributed by atoms with E-state index in [9.17, 15) is 20.0 Å². The number of carboxylic acids is 1. The fourth-order valence-electron chi connectivity index (χ4n) is 2.38. The lowest BCUT2D eigenvalue weighted by molar-refractivity contribution is -0.384. The highest BCUT2D eigenvalue weighted by molar-refractivity contribution is 5.83. The molecule has 118 valence electrons. The molecule has 0 saturated carbocycles. The van der Waals surface area contributed by atoms with Gasteiger partial charge in [-0.2, -0.15) is 5.10 Å². The number of carboxylic acid groups (broad SMARTS) is 1. The van der Waals surface area contributed by atoms with Gasteiger partial charge in [0, 0.05) is 13.6 Å². The molecule has 0 aliphatic rings. The molecule has 8 nitrogen and oxygen atoms in total. The van der Waals surface area contributed by atoms with Gasteiger partial charge >= 0.3 is 11.7 Å². The Kier molecular flexibility index (Phi) is 4.93. The highest BCUT2D eigenvalue weighted by atomic mass is 16.6. The van der Waals surface area contributed by atoms with E-state index in [2.05, 4.69) is 5.10 Å². The number of hydrogen-bond acceptors (Lipinski definition) is 5. The van der Waals surface area contributed by atoms with Crippen molar-refractivity contribution < 1.29 is 14.8 Å². The van der Waals surface area contributed by atoms with Gasteiger partial charge in [0.1, 0.15) is 11.2 Å². The maximum absolute atomic E-state index is 11.5. The summed E-state index contributed by atoms with van der Waals surface area (Å²) < 4.78 is 1.40. The van der Waals surface area contributed by atoms with Crippen LogP contribution < -0.4 is 4.90 Å². The van der Waals surface area contributed by atoms with Crippen LogP contribution in [0.15, 0.2) is 0 Å². The Morgan fingerprint density at radius 3 is 2.43 bits per heavy atom. The lowest BCUT2D eigenvalue weighted by atomic mass is 10.0. The first-order valence-corrected chi connectivity index (χ1v) is 6.89. The molecule has 1 aromatic rings. The van der Waals surface area contributed by atoms with Crippen molar-refractivity contribution in [2.75, 3.05) is 11.4 Å². The third-order valence-electron chi connectivity index (χ3n) is 3.50. The summed E-state index contributed by atoms with van der Waals surface area (Å²) in [5.41, 5.74) is -0.980. The quantitative estimate of drug-likeness (QED) is 0.610. The Hall–Kier alpha value is -2.12. The van der Waals surface area contributed by atoms with E-state index >= 15 is 0 Å². The first-order chi connectivity index (χ1) is 9.68. The standard InChI is InChI=1S/C13H22N4O4/c1-6-8-9-10(17(20)21)11(15(5)14-9)16(7-2)13(3,4)12(18)19/h6-8H2,1-5H3,(H,18,19). The molecule has 0 aliphatic heterocycles. The van der Waals surface area contributed by atoms with Gasteiger partial charge in [-0.25, -0.2) is 9.48 Å². The molecule has 8 heteroatoms. The van der Waals surface area contributed by atoms with Crippen LogP contribution in [0.4, 0.5) is 11.5 Å². The van der Waals surface area contributed by atoms with Crippen LogP contribution in [0.1, 0.15) is 39.8 Å². The summed E-state index contributed by atoms with van der Waals surface area (Å²) in [7, 11) is 1.60. The third kappa shape index (κ3) is 2.98. The average Bonchev–Trinajstić information content (AvgIpc) is 2.67. The molecular formula is C13H22N4O4. The third-order valence-corrected chi connectivity index (χ3v) is 3.50. The van der Waals surface area contributed by atoms with Crippen LogP contribution in [0.25, 0.3) is 0 Å². The fourth-order valence-corrected chi connectivity index (χ4v) is 2.38. The minimum absolute atomic E-state index is 0.101. The van der Waals surface area contributed by atoms with Gasteiger partial charge in [-0.05, 0) is 27.2 Å². The number of nitrogens with zero attached hydrogens (tertiary/aromatic N) is 4. The smallest absolute Gasteiger partial charge is 0.334 e. The van der Waals surface area contributed by atoms with Crippen LogP contribution in [0.3, 0.4) is 0 Å². The van der Waals surface area contributed by atoms with E-state index < -0.39 is 16.4 Å². The number of hydrogen-bond donors (Lipinski definition) is 1.